The van der Waals surface area contributed by atoms with Gasteiger partial charge in [-0.2, -0.15) is 0 Å². The van der Waals surface area contributed by atoms with E-state index in [2.05, 4.69) is 5.32 Å². The van der Waals surface area contributed by atoms with E-state index in [1.807, 2.05) is 20.8 Å². The summed E-state index contributed by atoms with van der Waals surface area (Å²) in [5.41, 5.74) is -0.0380. The van der Waals surface area contributed by atoms with Crippen molar-refractivity contribution in [3.05, 3.63) is 0 Å². The highest BCUT2D eigenvalue weighted by Gasteiger charge is 2.24. The van der Waals surface area contributed by atoms with E-state index in [1.54, 1.807) is 6.92 Å². The number of aliphatic carboxylic acids is 1. The monoisotopic (exact) mass is 245 g/mol. The van der Waals surface area contributed by atoms with Crippen LogP contribution in [0, 0.1) is 5.41 Å². The summed E-state index contributed by atoms with van der Waals surface area (Å²) in [6.45, 7) is 7.65. The van der Waals surface area contributed by atoms with Crippen LogP contribution in [0.4, 0.5) is 0 Å². The van der Waals surface area contributed by atoms with Crippen molar-refractivity contribution in [1.29, 1.82) is 0 Å². The molecular weight excluding hydrogens is 222 g/mol. The summed E-state index contributed by atoms with van der Waals surface area (Å²) >= 11 is 0. The second-order valence-corrected chi connectivity index (χ2v) is 5.45. The number of carboxylic acid groups (broad SMARTS) is 1. The average Bonchev–Trinajstić information content (AvgIpc) is 2.12. The van der Waals surface area contributed by atoms with Crippen LogP contribution < -0.4 is 5.32 Å². The molecule has 0 fully saturated rings. The van der Waals surface area contributed by atoms with Crippen molar-refractivity contribution in [2.75, 3.05) is 7.11 Å². The topological polar surface area (TPSA) is 75.6 Å². The van der Waals surface area contributed by atoms with E-state index in [9.17, 15) is 9.59 Å². The van der Waals surface area contributed by atoms with Crippen molar-refractivity contribution >= 4 is 11.9 Å². The minimum atomic E-state index is -0.912. The molecule has 0 aliphatic heterocycles. The summed E-state index contributed by atoms with van der Waals surface area (Å²) in [6, 6.07) is -0.363. The molecule has 0 aromatic carbocycles. The van der Waals surface area contributed by atoms with Crippen molar-refractivity contribution in [2.45, 2.75) is 52.7 Å². The van der Waals surface area contributed by atoms with Crippen LogP contribution in [0.15, 0.2) is 0 Å². The molecule has 0 spiro atoms. The number of hydrogen-bond donors (Lipinski definition) is 2. The first kappa shape index (κ1) is 15.9. The largest absolute Gasteiger partial charge is 0.481 e. The van der Waals surface area contributed by atoms with E-state index in [4.69, 9.17) is 9.84 Å². The van der Waals surface area contributed by atoms with E-state index < -0.39 is 12.1 Å². The molecule has 5 nitrogen and oxygen atoms in total. The number of ether oxygens (including phenoxy) is 1. The minimum Gasteiger partial charge on any atom is -0.481 e. The van der Waals surface area contributed by atoms with Gasteiger partial charge in [0.25, 0.3) is 0 Å². The van der Waals surface area contributed by atoms with Gasteiger partial charge < -0.3 is 15.2 Å². The van der Waals surface area contributed by atoms with E-state index in [0.29, 0.717) is 6.42 Å². The maximum Gasteiger partial charge on any atom is 0.305 e. The third kappa shape index (κ3) is 7.74. The Labute approximate surface area is 103 Å². The number of carbonyl (C=O) groups is 2. The van der Waals surface area contributed by atoms with Crippen molar-refractivity contribution in [3.8, 4) is 0 Å². The second-order valence-electron chi connectivity index (χ2n) is 5.45. The van der Waals surface area contributed by atoms with Gasteiger partial charge in [0, 0.05) is 13.2 Å². The molecule has 2 atom stereocenters. The molecule has 0 bridgehead atoms. The highest BCUT2D eigenvalue weighted by atomic mass is 16.5. The third-order valence-corrected chi connectivity index (χ3v) is 2.35. The van der Waals surface area contributed by atoms with E-state index >= 15 is 0 Å². The van der Waals surface area contributed by atoms with Crippen molar-refractivity contribution in [3.63, 3.8) is 0 Å². The molecule has 17 heavy (non-hydrogen) atoms. The third-order valence-electron chi connectivity index (χ3n) is 2.35. The molecule has 0 radical (unpaired) electrons. The molecule has 0 aliphatic rings. The Morgan fingerprint density at radius 1 is 1.35 bits per heavy atom. The Balaban J connectivity index is 4.48. The van der Waals surface area contributed by atoms with Gasteiger partial charge in [-0.25, -0.2) is 0 Å². The highest BCUT2D eigenvalue weighted by molar-refractivity contribution is 5.81. The van der Waals surface area contributed by atoms with Gasteiger partial charge >= 0.3 is 5.97 Å². The van der Waals surface area contributed by atoms with E-state index in [1.165, 1.54) is 7.11 Å². The normalized spacial score (nSPS) is 15.1. The molecule has 5 heteroatoms. The Hall–Kier alpha value is -1.10. The molecule has 2 unspecified atom stereocenters. The molecule has 0 aliphatic carbocycles. The Morgan fingerprint density at radius 3 is 2.24 bits per heavy atom. The first-order chi connectivity index (χ1) is 7.65. The van der Waals surface area contributed by atoms with Gasteiger partial charge in [-0.3, -0.25) is 9.59 Å². The minimum absolute atomic E-state index is 0.0380. The van der Waals surface area contributed by atoms with Gasteiger partial charge in [-0.05, 0) is 18.8 Å². The molecule has 0 aromatic heterocycles. The molecule has 0 aromatic rings. The van der Waals surface area contributed by atoms with Crippen molar-refractivity contribution in [2.24, 2.45) is 5.41 Å². The summed E-state index contributed by atoms with van der Waals surface area (Å²) in [5.74, 6) is -1.19. The lowest BCUT2D eigenvalue weighted by molar-refractivity contribution is -0.138. The Morgan fingerprint density at radius 2 is 1.88 bits per heavy atom. The highest BCUT2D eigenvalue weighted by Crippen LogP contribution is 2.22. The fourth-order valence-electron chi connectivity index (χ4n) is 1.55. The van der Waals surface area contributed by atoms with Gasteiger partial charge in [0.2, 0.25) is 5.91 Å². The van der Waals surface area contributed by atoms with Crippen LogP contribution in [0.5, 0.6) is 0 Å². The first-order valence-corrected chi connectivity index (χ1v) is 5.70. The zero-order chi connectivity index (χ0) is 13.6. The number of carbonyl (C=O) groups excluding carboxylic acids is 1. The number of methoxy groups -OCH3 is 1. The molecule has 0 saturated carbocycles. The van der Waals surface area contributed by atoms with Crippen molar-refractivity contribution in [1.82, 2.24) is 5.32 Å². The van der Waals surface area contributed by atoms with Crippen molar-refractivity contribution < 1.29 is 19.4 Å². The second kappa shape index (κ2) is 6.59. The lowest BCUT2D eigenvalue weighted by Gasteiger charge is -2.26. The maximum atomic E-state index is 11.6. The first-order valence-electron chi connectivity index (χ1n) is 5.70. The maximum absolute atomic E-state index is 11.6. The van der Waals surface area contributed by atoms with Crippen LogP contribution >= 0.6 is 0 Å². The van der Waals surface area contributed by atoms with Gasteiger partial charge in [0.15, 0.2) is 0 Å². The van der Waals surface area contributed by atoms with Crippen LogP contribution in [0.25, 0.3) is 0 Å². The summed E-state index contributed by atoms with van der Waals surface area (Å²) < 4.78 is 4.89. The summed E-state index contributed by atoms with van der Waals surface area (Å²) in [5, 5.41) is 11.5. The Kier molecular flexibility index (Phi) is 6.16. The molecular formula is C12H23NO4. The average molecular weight is 245 g/mol. The zero-order valence-corrected chi connectivity index (χ0v) is 11.2. The van der Waals surface area contributed by atoms with Crippen LogP contribution in [-0.2, 0) is 14.3 Å². The summed E-state index contributed by atoms with van der Waals surface area (Å²) in [7, 11) is 1.44. The number of rotatable bonds is 6. The molecule has 1 amide bonds. The fourth-order valence-corrected chi connectivity index (χ4v) is 1.55. The zero-order valence-electron chi connectivity index (χ0n) is 11.2. The molecule has 0 saturated heterocycles. The molecule has 100 valence electrons. The number of nitrogens with one attached hydrogen (secondary N) is 1. The van der Waals surface area contributed by atoms with Crippen LogP contribution in [0.2, 0.25) is 0 Å². The summed E-state index contributed by atoms with van der Waals surface area (Å²) in [6.07, 6.45) is -0.0211. The number of hydrogen-bond acceptors (Lipinski definition) is 3. The lowest BCUT2D eigenvalue weighted by atomic mass is 9.87. The van der Waals surface area contributed by atoms with Crippen LogP contribution in [0.3, 0.4) is 0 Å². The quantitative estimate of drug-likeness (QED) is 0.742. The van der Waals surface area contributed by atoms with Gasteiger partial charge in [-0.1, -0.05) is 20.8 Å². The predicted molar refractivity (Wildman–Crippen MR) is 64.7 cm³/mol. The molecule has 0 rings (SSSR count). The standard InChI is InChI=1S/C12H23NO4/c1-8(17-5)11(16)13-9(6-10(14)15)7-12(2,3)4/h8-9H,6-7H2,1-5H3,(H,13,16)(H,14,15). The van der Waals surface area contributed by atoms with Gasteiger partial charge in [0.05, 0.1) is 6.42 Å². The predicted octanol–water partition coefficient (Wildman–Crippen LogP) is 1.42. The number of carboxylic acids is 1. The lowest BCUT2D eigenvalue weighted by Crippen LogP contribution is -2.43. The van der Waals surface area contributed by atoms with E-state index in [-0.39, 0.29) is 23.8 Å². The van der Waals surface area contributed by atoms with Gasteiger partial charge in [-0.15, -0.1) is 0 Å². The number of amides is 1. The smallest absolute Gasteiger partial charge is 0.305 e. The SMILES string of the molecule is COC(C)C(=O)NC(CC(=O)O)CC(C)(C)C. The molecule has 2 N–H and O–H groups in total. The van der Waals surface area contributed by atoms with Crippen LogP contribution in [-0.4, -0.2) is 36.2 Å². The fraction of sp³-hybridized carbons (Fsp3) is 0.833. The van der Waals surface area contributed by atoms with E-state index in [0.717, 1.165) is 0 Å². The Bertz CT molecular complexity index is 270. The molecule has 0 heterocycles. The van der Waals surface area contributed by atoms with Gasteiger partial charge in [0.1, 0.15) is 6.10 Å². The van der Waals surface area contributed by atoms with Crippen LogP contribution in [0.1, 0.15) is 40.5 Å². The summed E-state index contributed by atoms with van der Waals surface area (Å²) in [4.78, 5) is 22.4.